The molecule has 0 aliphatic carbocycles. The van der Waals surface area contributed by atoms with Crippen molar-refractivity contribution in [1.29, 1.82) is 0 Å². The normalized spacial score (nSPS) is 23.0. The van der Waals surface area contributed by atoms with Crippen LogP contribution < -0.4 is 0 Å². The standard InChI is InChI=1S/C67H69NO11/c1-8-24-50(25-9-1)40-69-48-58-60(71-42-52-28-12-3-13-29-52)62(72-43-53-30-14-4-15-31-53)64(74-45-55-34-18-6-19-35-55)66(77-58)79-67-65(75-46-56-36-20-7-21-37-56)63(73-44-54-32-16-5-17-33-54)61(76-47-57-38-22-23-39-68-57)59(78-67)49-70-41-51-26-10-2-11-27-51/h1-39,58-67H,40-49H2/t58-,59-,60-,61-,62+,63+,64-,65-,66+,67-/m1/s1. The average molecular weight is 1060 g/mol. The van der Waals surface area contributed by atoms with Crippen LogP contribution in [-0.2, 0) is 105 Å². The number of aromatic nitrogens is 1. The molecule has 1 aromatic heterocycles. The molecule has 0 spiro atoms. The van der Waals surface area contributed by atoms with Crippen LogP contribution in [0.3, 0.4) is 0 Å². The molecular formula is C67H69NO11. The molecular weight excluding hydrogens is 995 g/mol. The summed E-state index contributed by atoms with van der Waals surface area (Å²) in [7, 11) is 0. The van der Waals surface area contributed by atoms with Crippen LogP contribution in [0.25, 0.3) is 0 Å². The first kappa shape index (κ1) is 55.6. The third-order valence-corrected chi connectivity index (χ3v) is 13.8. The average Bonchev–Trinajstić information content (AvgIpc) is 3.56. The second-order valence-corrected chi connectivity index (χ2v) is 19.6. The minimum atomic E-state index is -1.15. The van der Waals surface area contributed by atoms with Gasteiger partial charge in [-0.1, -0.05) is 218 Å². The summed E-state index contributed by atoms with van der Waals surface area (Å²) in [4.78, 5) is 4.61. The minimum absolute atomic E-state index is 0.117. The van der Waals surface area contributed by atoms with Crippen LogP contribution in [0, 0.1) is 0 Å². The third-order valence-electron chi connectivity index (χ3n) is 13.8. The highest BCUT2D eigenvalue weighted by molar-refractivity contribution is 5.19. The molecule has 0 unspecified atom stereocenters. The van der Waals surface area contributed by atoms with Gasteiger partial charge in [0.05, 0.1) is 71.8 Å². The first-order chi connectivity index (χ1) is 39.2. The lowest BCUT2D eigenvalue weighted by Gasteiger charge is -2.49. The van der Waals surface area contributed by atoms with Gasteiger partial charge in [0, 0.05) is 6.20 Å². The molecule has 79 heavy (non-hydrogen) atoms. The maximum atomic E-state index is 7.42. The van der Waals surface area contributed by atoms with Gasteiger partial charge in [0.1, 0.15) is 48.8 Å². The number of pyridine rings is 1. The fourth-order valence-electron chi connectivity index (χ4n) is 9.74. The van der Waals surface area contributed by atoms with Crippen LogP contribution in [0.2, 0.25) is 0 Å². The van der Waals surface area contributed by atoms with Gasteiger partial charge < -0.3 is 52.1 Å². The van der Waals surface area contributed by atoms with Crippen LogP contribution in [0.4, 0.5) is 0 Å². The molecule has 0 amide bonds. The number of hydrogen-bond acceptors (Lipinski definition) is 12. The molecule has 10 rings (SSSR count). The summed E-state index contributed by atoms with van der Waals surface area (Å²) in [6.07, 6.45) is -6.84. The van der Waals surface area contributed by atoms with Crippen molar-refractivity contribution in [3.05, 3.63) is 281 Å². The van der Waals surface area contributed by atoms with E-state index in [4.69, 9.17) is 52.1 Å². The Bertz CT molecular complexity index is 2700. The molecule has 0 N–H and O–H groups in total. The lowest BCUT2D eigenvalue weighted by Crippen LogP contribution is -2.66. The van der Waals surface area contributed by atoms with E-state index >= 15 is 0 Å². The van der Waals surface area contributed by atoms with Crippen LogP contribution in [0.15, 0.2) is 237 Å². The van der Waals surface area contributed by atoms with Gasteiger partial charge in [-0.15, -0.1) is 0 Å². The van der Waals surface area contributed by atoms with E-state index < -0.39 is 61.4 Å². The smallest absolute Gasteiger partial charge is 0.190 e. The molecule has 0 bridgehead atoms. The van der Waals surface area contributed by atoms with Crippen molar-refractivity contribution in [2.75, 3.05) is 13.2 Å². The Morgan fingerprint density at radius 2 is 0.557 bits per heavy atom. The number of hydrogen-bond donors (Lipinski definition) is 0. The van der Waals surface area contributed by atoms with Gasteiger partial charge >= 0.3 is 0 Å². The molecule has 12 nitrogen and oxygen atoms in total. The molecule has 2 saturated heterocycles. The topological polar surface area (TPSA) is 114 Å². The van der Waals surface area contributed by atoms with E-state index in [1.54, 1.807) is 6.20 Å². The van der Waals surface area contributed by atoms with Crippen LogP contribution >= 0.6 is 0 Å². The van der Waals surface area contributed by atoms with Crippen LogP contribution in [-0.4, -0.2) is 79.6 Å². The molecule has 2 aliphatic heterocycles. The summed E-state index contributed by atoms with van der Waals surface area (Å²) in [6.45, 7) is 2.27. The lowest BCUT2D eigenvalue weighted by molar-refractivity contribution is -0.394. The first-order valence-electron chi connectivity index (χ1n) is 27.2. The Balaban J connectivity index is 1.04. The molecule has 10 atom stereocenters. The largest absolute Gasteiger partial charge is 0.374 e. The van der Waals surface area contributed by atoms with Crippen molar-refractivity contribution >= 4 is 0 Å². The quantitative estimate of drug-likeness (QED) is 0.0465. The second kappa shape index (κ2) is 30.0. The molecule has 2 aliphatic rings. The predicted molar refractivity (Wildman–Crippen MR) is 299 cm³/mol. The van der Waals surface area contributed by atoms with Gasteiger partial charge in [0.25, 0.3) is 0 Å². The highest BCUT2D eigenvalue weighted by Gasteiger charge is 2.54. The molecule has 8 aromatic rings. The summed E-state index contributed by atoms with van der Waals surface area (Å²) in [6, 6.07) is 76.1. The van der Waals surface area contributed by atoms with E-state index in [0.717, 1.165) is 44.6 Å². The third kappa shape index (κ3) is 16.7. The number of rotatable bonds is 28. The first-order valence-corrected chi connectivity index (χ1v) is 27.2. The van der Waals surface area contributed by atoms with Crippen LogP contribution in [0.1, 0.15) is 44.6 Å². The van der Waals surface area contributed by atoms with Crippen molar-refractivity contribution in [3.8, 4) is 0 Å². The summed E-state index contributed by atoms with van der Waals surface area (Å²) in [5.74, 6) is 0. The van der Waals surface area contributed by atoms with Crippen molar-refractivity contribution in [3.63, 3.8) is 0 Å². The zero-order valence-electron chi connectivity index (χ0n) is 44.3. The molecule has 12 heteroatoms. The summed E-state index contributed by atoms with van der Waals surface area (Å²) >= 11 is 0. The van der Waals surface area contributed by atoms with Gasteiger partial charge in [-0.2, -0.15) is 0 Å². The van der Waals surface area contributed by atoms with E-state index in [1.807, 2.05) is 231 Å². The molecule has 0 saturated carbocycles. The summed E-state index contributed by atoms with van der Waals surface area (Å²) < 4.78 is 77.4. The predicted octanol–water partition coefficient (Wildman–Crippen LogP) is 11.8. The Morgan fingerprint density at radius 1 is 0.278 bits per heavy atom. The Labute approximate surface area is 464 Å². The van der Waals surface area contributed by atoms with Gasteiger partial charge in [-0.3, -0.25) is 4.98 Å². The van der Waals surface area contributed by atoms with Gasteiger partial charge in [-0.25, -0.2) is 0 Å². The van der Waals surface area contributed by atoms with Crippen molar-refractivity contribution in [2.45, 2.75) is 114 Å². The van der Waals surface area contributed by atoms with Crippen molar-refractivity contribution in [2.24, 2.45) is 0 Å². The summed E-state index contributed by atoms with van der Waals surface area (Å²) in [5.41, 5.74) is 7.61. The molecule has 2 fully saturated rings. The number of nitrogens with zero attached hydrogens (tertiary/aromatic N) is 1. The zero-order valence-corrected chi connectivity index (χ0v) is 44.3. The highest BCUT2D eigenvalue weighted by atomic mass is 16.8. The maximum absolute atomic E-state index is 7.42. The van der Waals surface area contributed by atoms with Crippen molar-refractivity contribution in [1.82, 2.24) is 4.98 Å². The summed E-state index contributed by atoms with van der Waals surface area (Å²) in [5, 5.41) is 0. The van der Waals surface area contributed by atoms with Crippen LogP contribution in [0.5, 0.6) is 0 Å². The molecule has 7 aromatic carbocycles. The van der Waals surface area contributed by atoms with Gasteiger partial charge in [0.2, 0.25) is 0 Å². The molecule has 3 heterocycles. The van der Waals surface area contributed by atoms with E-state index in [9.17, 15) is 0 Å². The number of benzene rings is 7. The zero-order chi connectivity index (χ0) is 53.5. The highest BCUT2D eigenvalue weighted by Crippen LogP contribution is 2.37. The Kier molecular flexibility index (Phi) is 21.1. The van der Waals surface area contributed by atoms with E-state index in [0.29, 0.717) is 13.2 Å². The molecule has 0 radical (unpaired) electrons. The van der Waals surface area contributed by atoms with Gasteiger partial charge in [0.15, 0.2) is 12.6 Å². The lowest BCUT2D eigenvalue weighted by atomic mass is 9.96. The SMILES string of the molecule is c1ccc(COC[C@H]2O[C@@H](O[C@H]3O[C@H](COCc4ccccc4)[C@@H](OCc4ccccn4)[C@H](OCc4ccccc4)[C@H]3OCc3ccccc3)[C@H](OCc3ccccc3)[C@@H](OCc3ccccc3)[C@@H]2OCc2ccccc2)cc1. The van der Waals surface area contributed by atoms with Crippen molar-refractivity contribution < 1.29 is 52.1 Å². The Hall–Kier alpha value is -6.75. The minimum Gasteiger partial charge on any atom is -0.374 e. The van der Waals surface area contributed by atoms with E-state index in [1.165, 1.54) is 0 Å². The maximum Gasteiger partial charge on any atom is 0.190 e. The monoisotopic (exact) mass is 1060 g/mol. The van der Waals surface area contributed by atoms with E-state index in [2.05, 4.69) is 4.98 Å². The molecule has 408 valence electrons. The second-order valence-electron chi connectivity index (χ2n) is 19.6. The Morgan fingerprint density at radius 3 is 0.873 bits per heavy atom. The van der Waals surface area contributed by atoms with Gasteiger partial charge in [-0.05, 0) is 51.1 Å². The fourth-order valence-corrected chi connectivity index (χ4v) is 9.74. The van der Waals surface area contributed by atoms with E-state index in [-0.39, 0.29) is 52.9 Å². The fraction of sp³-hybridized carbons (Fsp3) is 0.299. The number of ether oxygens (including phenoxy) is 11.